The fourth-order valence-electron chi connectivity index (χ4n) is 12.6. The molecule has 10 aromatic rings. The van der Waals surface area contributed by atoms with E-state index in [1.54, 1.807) is 0 Å². The maximum atomic E-state index is 2.64. The molecule has 0 atom stereocenters. The third-order valence-corrected chi connectivity index (χ3v) is 15.3. The van der Waals surface area contributed by atoms with Crippen molar-refractivity contribution >= 4 is 43.1 Å². The van der Waals surface area contributed by atoms with Crippen LogP contribution in [0, 0.1) is 0 Å². The van der Waals surface area contributed by atoms with Gasteiger partial charge in [-0.2, -0.15) is 0 Å². The van der Waals surface area contributed by atoms with Crippen molar-refractivity contribution in [1.29, 1.82) is 0 Å². The van der Waals surface area contributed by atoms with Crippen LogP contribution < -0.4 is 0 Å². The maximum absolute atomic E-state index is 2.64. The Morgan fingerprint density at radius 2 is 0.639 bits per heavy atom. The van der Waals surface area contributed by atoms with Gasteiger partial charge in [0.2, 0.25) is 0 Å². The Balaban J connectivity index is 1.23. The molecule has 0 spiro atoms. The van der Waals surface area contributed by atoms with Gasteiger partial charge in [0.25, 0.3) is 0 Å². The van der Waals surface area contributed by atoms with Gasteiger partial charge in [0.1, 0.15) is 0 Å². The molecule has 0 saturated heterocycles. The second-order valence-electron chi connectivity index (χ2n) is 19.6. The summed E-state index contributed by atoms with van der Waals surface area (Å²) in [5.41, 5.74) is 21.8. The SMILES string of the molecule is CC1(C)c2ccccc2-c2c1c1c(c3c2C(C)(C)c2cc4c(-c5ccc6ccccc6c5)c5ccccc5c(-c5ccc6ccccc6c5)c4cc2-3)C(C)(C)c2ccccc2-1. The van der Waals surface area contributed by atoms with E-state index >= 15 is 0 Å². The third-order valence-electron chi connectivity index (χ3n) is 15.3. The van der Waals surface area contributed by atoms with Crippen LogP contribution in [0.25, 0.3) is 98.7 Å². The van der Waals surface area contributed by atoms with Gasteiger partial charge in [-0.05, 0) is 156 Å². The van der Waals surface area contributed by atoms with E-state index in [9.17, 15) is 0 Å². The molecule has 13 rings (SSSR count). The second-order valence-corrected chi connectivity index (χ2v) is 19.6. The Labute approximate surface area is 358 Å². The summed E-state index contributed by atoms with van der Waals surface area (Å²) in [6.45, 7) is 14.9. The molecule has 0 bridgehead atoms. The summed E-state index contributed by atoms with van der Waals surface area (Å²) in [7, 11) is 0. The van der Waals surface area contributed by atoms with Crippen molar-refractivity contribution in [1.82, 2.24) is 0 Å². The first-order valence-electron chi connectivity index (χ1n) is 22.0. The molecule has 0 fully saturated rings. The molecule has 0 heterocycles. The molecule has 0 radical (unpaired) electrons. The zero-order valence-corrected chi connectivity index (χ0v) is 35.7. The van der Waals surface area contributed by atoms with Crippen molar-refractivity contribution in [2.75, 3.05) is 0 Å². The van der Waals surface area contributed by atoms with Crippen molar-refractivity contribution in [3.8, 4) is 55.6 Å². The van der Waals surface area contributed by atoms with Gasteiger partial charge in [-0.15, -0.1) is 0 Å². The lowest BCUT2D eigenvalue weighted by Crippen LogP contribution is -2.22. The molecule has 0 heteroatoms. The highest BCUT2D eigenvalue weighted by molar-refractivity contribution is 6.23. The topological polar surface area (TPSA) is 0 Å². The molecule has 10 aromatic carbocycles. The highest BCUT2D eigenvalue weighted by atomic mass is 14.5. The molecule has 0 amide bonds. The molecule has 0 saturated carbocycles. The van der Waals surface area contributed by atoms with Gasteiger partial charge < -0.3 is 0 Å². The molecule has 0 aliphatic heterocycles. The van der Waals surface area contributed by atoms with E-state index in [2.05, 4.69) is 211 Å². The standard InChI is InChI=1S/C61H46/c1-59(2)48-25-15-14-24-44(48)54-56(59)53-43-23-13-16-26-49(43)60(3,4)57(53)55-47-33-45-46(34-50(47)61(5,6)58(54)55)52(40-30-28-36-18-8-10-20-38(36)32-40)42-22-12-11-21-41(42)51(45)39-29-27-35-17-7-9-19-37(35)31-39/h7-34H,1-6H3. The predicted octanol–water partition coefficient (Wildman–Crippen LogP) is 16.6. The van der Waals surface area contributed by atoms with Crippen LogP contribution in [0.4, 0.5) is 0 Å². The van der Waals surface area contributed by atoms with Crippen molar-refractivity contribution in [3.05, 3.63) is 203 Å². The zero-order chi connectivity index (χ0) is 41.2. The van der Waals surface area contributed by atoms with Crippen LogP contribution in [-0.2, 0) is 16.2 Å². The molecule has 0 N–H and O–H groups in total. The summed E-state index contributed by atoms with van der Waals surface area (Å²) in [5, 5.41) is 10.2. The highest BCUT2D eigenvalue weighted by Gasteiger charge is 2.52. The first-order chi connectivity index (χ1) is 29.5. The average Bonchev–Trinajstić information content (AvgIpc) is 3.76. The van der Waals surface area contributed by atoms with Crippen LogP contribution in [0.1, 0.15) is 74.9 Å². The summed E-state index contributed by atoms with van der Waals surface area (Å²) in [4.78, 5) is 0. The van der Waals surface area contributed by atoms with E-state index in [1.807, 2.05) is 0 Å². The lowest BCUT2D eigenvalue weighted by atomic mass is 9.71. The van der Waals surface area contributed by atoms with Crippen LogP contribution in [-0.4, -0.2) is 0 Å². The second kappa shape index (κ2) is 11.7. The lowest BCUT2D eigenvalue weighted by molar-refractivity contribution is 0.636. The van der Waals surface area contributed by atoms with Gasteiger partial charge in [0.15, 0.2) is 0 Å². The zero-order valence-electron chi connectivity index (χ0n) is 35.7. The molecule has 3 aliphatic rings. The Morgan fingerprint density at radius 3 is 1.13 bits per heavy atom. The minimum Gasteiger partial charge on any atom is -0.0619 e. The van der Waals surface area contributed by atoms with E-state index in [4.69, 9.17) is 0 Å². The highest BCUT2D eigenvalue weighted by Crippen LogP contribution is 2.68. The lowest BCUT2D eigenvalue weighted by Gasteiger charge is -2.31. The molecular weight excluding hydrogens is 733 g/mol. The molecule has 0 nitrogen and oxygen atoms in total. The average molecular weight is 779 g/mol. The summed E-state index contributed by atoms with van der Waals surface area (Å²) in [5.74, 6) is 0. The Kier molecular flexibility index (Phi) is 6.74. The Bertz CT molecular complexity index is 3610. The normalized spacial score (nSPS) is 15.8. The van der Waals surface area contributed by atoms with Crippen LogP contribution in [0.3, 0.4) is 0 Å². The number of benzene rings is 10. The van der Waals surface area contributed by atoms with Gasteiger partial charge in [-0.3, -0.25) is 0 Å². The largest absolute Gasteiger partial charge is 0.0619 e. The van der Waals surface area contributed by atoms with Crippen LogP contribution in [0.2, 0.25) is 0 Å². The predicted molar refractivity (Wildman–Crippen MR) is 260 cm³/mol. The van der Waals surface area contributed by atoms with E-state index in [-0.39, 0.29) is 16.2 Å². The maximum Gasteiger partial charge on any atom is 0.0165 e. The van der Waals surface area contributed by atoms with Crippen molar-refractivity contribution in [3.63, 3.8) is 0 Å². The third kappa shape index (κ3) is 4.40. The van der Waals surface area contributed by atoms with Gasteiger partial charge >= 0.3 is 0 Å². The monoisotopic (exact) mass is 778 g/mol. The van der Waals surface area contributed by atoms with Gasteiger partial charge in [-0.25, -0.2) is 0 Å². The summed E-state index contributed by atoms with van der Waals surface area (Å²) >= 11 is 0. The van der Waals surface area contributed by atoms with Gasteiger partial charge in [0.05, 0.1) is 0 Å². The number of fused-ring (bicyclic) bond motifs is 16. The number of hydrogen-bond acceptors (Lipinski definition) is 0. The Morgan fingerprint density at radius 1 is 0.262 bits per heavy atom. The summed E-state index contributed by atoms with van der Waals surface area (Å²) in [6.07, 6.45) is 0. The fraction of sp³-hybridized carbons (Fsp3) is 0.148. The molecule has 61 heavy (non-hydrogen) atoms. The van der Waals surface area contributed by atoms with Crippen molar-refractivity contribution < 1.29 is 0 Å². The van der Waals surface area contributed by atoms with E-state index in [0.29, 0.717) is 0 Å². The van der Waals surface area contributed by atoms with Crippen molar-refractivity contribution in [2.45, 2.75) is 57.8 Å². The van der Waals surface area contributed by atoms with Crippen molar-refractivity contribution in [2.24, 2.45) is 0 Å². The number of hydrogen-bond donors (Lipinski definition) is 0. The first kappa shape index (κ1) is 35.0. The molecule has 290 valence electrons. The summed E-state index contributed by atoms with van der Waals surface area (Å²) < 4.78 is 0. The molecular formula is C61H46. The fourth-order valence-corrected chi connectivity index (χ4v) is 12.6. The number of rotatable bonds is 2. The molecule has 0 aromatic heterocycles. The van der Waals surface area contributed by atoms with Gasteiger partial charge in [0, 0.05) is 16.2 Å². The van der Waals surface area contributed by atoms with E-state index < -0.39 is 0 Å². The molecule has 3 aliphatic carbocycles. The van der Waals surface area contributed by atoms with E-state index in [0.717, 1.165) is 0 Å². The van der Waals surface area contributed by atoms with Gasteiger partial charge in [-0.1, -0.05) is 187 Å². The van der Waals surface area contributed by atoms with Crippen LogP contribution in [0.15, 0.2) is 170 Å². The van der Waals surface area contributed by atoms with Crippen LogP contribution in [0.5, 0.6) is 0 Å². The minimum atomic E-state index is -0.272. The summed E-state index contributed by atoms with van der Waals surface area (Å²) in [6, 6.07) is 64.7. The van der Waals surface area contributed by atoms with Crippen LogP contribution >= 0.6 is 0 Å². The Hall–Kier alpha value is -6.76. The quantitative estimate of drug-likeness (QED) is 0.153. The smallest absolute Gasteiger partial charge is 0.0165 e. The molecule has 0 unspecified atom stereocenters. The van der Waals surface area contributed by atoms with E-state index in [1.165, 1.54) is 132 Å². The minimum absolute atomic E-state index is 0.154. The first-order valence-corrected chi connectivity index (χ1v) is 22.0.